The number of benzene rings is 2. The molecule has 0 bridgehead atoms. The quantitative estimate of drug-likeness (QED) is 0.387. The zero-order valence-electron chi connectivity index (χ0n) is 16.9. The number of thiophene rings is 1. The Morgan fingerprint density at radius 2 is 1.87 bits per heavy atom. The van der Waals surface area contributed by atoms with E-state index in [4.69, 9.17) is 4.74 Å². The molecule has 2 aromatic carbocycles. The standard InChI is InChI=1S/C23H20FNO4S2/c1-15-22(18-13-16(24)10-11-19(18)25(15)14-21(26)29-2)23(20-9-6-12-30-20)31(27,28)17-7-4-3-5-8-17/h3-13,23H,14H2,1-2H3. The lowest BCUT2D eigenvalue weighted by Gasteiger charge is -2.18. The van der Waals surface area contributed by atoms with Gasteiger partial charge in [0.25, 0.3) is 0 Å². The Bertz CT molecular complexity index is 1340. The van der Waals surface area contributed by atoms with E-state index in [-0.39, 0.29) is 11.4 Å². The minimum Gasteiger partial charge on any atom is -0.468 e. The summed E-state index contributed by atoms with van der Waals surface area (Å²) < 4.78 is 48.4. The largest absolute Gasteiger partial charge is 0.468 e. The lowest BCUT2D eigenvalue weighted by Crippen LogP contribution is -2.17. The van der Waals surface area contributed by atoms with Crippen LogP contribution in [0.15, 0.2) is 70.9 Å². The van der Waals surface area contributed by atoms with Crippen LogP contribution < -0.4 is 0 Å². The van der Waals surface area contributed by atoms with Crippen LogP contribution in [0.1, 0.15) is 21.4 Å². The highest BCUT2D eigenvalue weighted by atomic mass is 32.2. The topological polar surface area (TPSA) is 65.4 Å². The molecule has 0 fully saturated rings. The lowest BCUT2D eigenvalue weighted by atomic mass is 10.1. The Balaban J connectivity index is 2.05. The maximum Gasteiger partial charge on any atom is 0.325 e. The number of methoxy groups -OCH3 is 1. The third-order valence-electron chi connectivity index (χ3n) is 5.29. The monoisotopic (exact) mass is 457 g/mol. The predicted molar refractivity (Wildman–Crippen MR) is 118 cm³/mol. The van der Waals surface area contributed by atoms with E-state index in [9.17, 15) is 17.6 Å². The van der Waals surface area contributed by atoms with Gasteiger partial charge in [0.15, 0.2) is 9.84 Å². The number of halogens is 1. The van der Waals surface area contributed by atoms with Crippen LogP contribution in [0.25, 0.3) is 10.9 Å². The second-order valence-electron chi connectivity index (χ2n) is 7.08. The van der Waals surface area contributed by atoms with Crippen molar-refractivity contribution >= 4 is 38.0 Å². The number of aromatic nitrogens is 1. The summed E-state index contributed by atoms with van der Waals surface area (Å²) in [5.41, 5.74) is 1.61. The highest BCUT2D eigenvalue weighted by Crippen LogP contribution is 2.43. The number of hydrogen-bond acceptors (Lipinski definition) is 5. The summed E-state index contributed by atoms with van der Waals surface area (Å²) in [5.74, 6) is -0.958. The molecule has 0 radical (unpaired) electrons. The molecule has 4 rings (SSSR count). The number of sulfone groups is 1. The molecule has 0 saturated heterocycles. The third kappa shape index (κ3) is 3.77. The lowest BCUT2D eigenvalue weighted by molar-refractivity contribution is -0.141. The molecule has 0 spiro atoms. The summed E-state index contributed by atoms with van der Waals surface area (Å²) in [5, 5.41) is 1.23. The fraction of sp³-hybridized carbons (Fsp3) is 0.174. The molecule has 0 N–H and O–H groups in total. The minimum atomic E-state index is -3.87. The molecule has 8 heteroatoms. The van der Waals surface area contributed by atoms with Gasteiger partial charge in [0.1, 0.15) is 17.6 Å². The van der Waals surface area contributed by atoms with Crippen molar-refractivity contribution in [1.29, 1.82) is 0 Å². The van der Waals surface area contributed by atoms with Gasteiger partial charge in [-0.2, -0.15) is 0 Å². The molecular weight excluding hydrogens is 437 g/mol. The Labute approximate surface area is 183 Å². The second kappa shape index (κ2) is 8.28. The van der Waals surface area contributed by atoms with Gasteiger partial charge in [0.05, 0.1) is 12.0 Å². The van der Waals surface area contributed by atoms with Crippen LogP contribution in [0, 0.1) is 12.7 Å². The normalized spacial score (nSPS) is 12.7. The van der Waals surface area contributed by atoms with E-state index < -0.39 is 26.9 Å². The molecule has 2 heterocycles. The third-order valence-corrected chi connectivity index (χ3v) is 8.42. The predicted octanol–water partition coefficient (Wildman–Crippen LogP) is 4.89. The summed E-state index contributed by atoms with van der Waals surface area (Å²) in [6.45, 7) is 1.64. The number of hydrogen-bond donors (Lipinski definition) is 0. The first-order valence-corrected chi connectivity index (χ1v) is 11.9. The van der Waals surface area contributed by atoms with E-state index in [2.05, 4.69) is 0 Å². The molecule has 160 valence electrons. The minimum absolute atomic E-state index is 0.104. The molecular formula is C23H20FNO4S2. The van der Waals surface area contributed by atoms with Crippen molar-refractivity contribution in [2.45, 2.75) is 23.6 Å². The first-order chi connectivity index (χ1) is 14.8. The van der Waals surface area contributed by atoms with Gasteiger partial charge in [-0.25, -0.2) is 12.8 Å². The number of rotatable bonds is 6. The van der Waals surface area contributed by atoms with Crippen molar-refractivity contribution in [3.8, 4) is 0 Å². The molecule has 5 nitrogen and oxygen atoms in total. The SMILES string of the molecule is COC(=O)Cn1c(C)c(C(c2cccs2)S(=O)(=O)c2ccccc2)c2cc(F)ccc21. The van der Waals surface area contributed by atoms with Gasteiger partial charge < -0.3 is 9.30 Å². The number of esters is 1. The maximum absolute atomic E-state index is 14.3. The smallest absolute Gasteiger partial charge is 0.325 e. The Morgan fingerprint density at radius 1 is 1.13 bits per heavy atom. The molecule has 0 amide bonds. The molecule has 1 atom stereocenters. The van der Waals surface area contributed by atoms with Crippen molar-refractivity contribution in [2.75, 3.05) is 7.11 Å². The zero-order chi connectivity index (χ0) is 22.2. The summed E-state index contributed by atoms with van der Waals surface area (Å²) >= 11 is 1.32. The van der Waals surface area contributed by atoms with Gasteiger partial charge in [0.2, 0.25) is 0 Å². The zero-order valence-corrected chi connectivity index (χ0v) is 18.5. The molecule has 0 aliphatic heterocycles. The fourth-order valence-electron chi connectivity index (χ4n) is 3.85. The van der Waals surface area contributed by atoms with Gasteiger partial charge in [-0.1, -0.05) is 24.3 Å². The average Bonchev–Trinajstić information content (AvgIpc) is 3.37. The summed E-state index contributed by atoms with van der Waals surface area (Å²) in [6.07, 6.45) is 0. The van der Waals surface area contributed by atoms with E-state index in [1.54, 1.807) is 60.0 Å². The van der Waals surface area contributed by atoms with E-state index in [1.165, 1.54) is 30.6 Å². The van der Waals surface area contributed by atoms with Crippen molar-refractivity contribution in [1.82, 2.24) is 4.57 Å². The van der Waals surface area contributed by atoms with Gasteiger partial charge in [-0.15, -0.1) is 11.3 Å². The van der Waals surface area contributed by atoms with E-state index in [0.29, 0.717) is 27.0 Å². The first kappa shape index (κ1) is 21.3. The Kier molecular flexibility index (Phi) is 5.68. The molecule has 4 aromatic rings. The summed E-state index contributed by atoms with van der Waals surface area (Å²) in [4.78, 5) is 12.8. The van der Waals surface area contributed by atoms with Crippen LogP contribution in [0.5, 0.6) is 0 Å². The van der Waals surface area contributed by atoms with E-state index in [1.807, 2.05) is 5.38 Å². The van der Waals surface area contributed by atoms with Crippen molar-refractivity contribution in [3.05, 3.63) is 88.0 Å². The van der Waals surface area contributed by atoms with Crippen molar-refractivity contribution in [2.24, 2.45) is 0 Å². The first-order valence-electron chi connectivity index (χ1n) is 9.52. The van der Waals surface area contributed by atoms with E-state index >= 15 is 0 Å². The Morgan fingerprint density at radius 3 is 2.52 bits per heavy atom. The van der Waals surface area contributed by atoms with Gasteiger partial charge in [-0.05, 0) is 48.7 Å². The number of carbonyl (C=O) groups is 1. The number of nitrogens with zero attached hydrogens (tertiary/aromatic N) is 1. The number of carbonyl (C=O) groups excluding carboxylic acids is 1. The van der Waals surface area contributed by atoms with Crippen LogP contribution in [-0.2, 0) is 25.9 Å². The van der Waals surface area contributed by atoms with Gasteiger partial charge >= 0.3 is 5.97 Å². The van der Waals surface area contributed by atoms with Gasteiger partial charge in [-0.3, -0.25) is 4.79 Å². The molecule has 2 aromatic heterocycles. The summed E-state index contributed by atoms with van der Waals surface area (Å²) in [6, 6.07) is 15.9. The highest BCUT2D eigenvalue weighted by Gasteiger charge is 2.36. The van der Waals surface area contributed by atoms with Crippen LogP contribution >= 0.6 is 11.3 Å². The number of fused-ring (bicyclic) bond motifs is 1. The van der Waals surface area contributed by atoms with Crippen LogP contribution in [-0.4, -0.2) is 26.1 Å². The van der Waals surface area contributed by atoms with Crippen molar-refractivity contribution in [3.63, 3.8) is 0 Å². The average molecular weight is 458 g/mol. The summed E-state index contributed by atoms with van der Waals surface area (Å²) in [7, 11) is -2.58. The molecule has 0 aliphatic carbocycles. The highest BCUT2D eigenvalue weighted by molar-refractivity contribution is 7.92. The molecule has 0 saturated carbocycles. The van der Waals surface area contributed by atoms with Crippen molar-refractivity contribution < 1.29 is 22.3 Å². The number of ether oxygens (including phenoxy) is 1. The molecule has 31 heavy (non-hydrogen) atoms. The van der Waals surface area contributed by atoms with E-state index in [0.717, 1.165) is 0 Å². The fourth-order valence-corrected chi connectivity index (χ4v) is 6.91. The molecule has 0 aliphatic rings. The Hall–Kier alpha value is -2.97. The van der Waals surface area contributed by atoms with Crippen LogP contribution in [0.2, 0.25) is 0 Å². The maximum atomic E-state index is 14.3. The van der Waals surface area contributed by atoms with Crippen LogP contribution in [0.3, 0.4) is 0 Å². The van der Waals surface area contributed by atoms with Gasteiger partial charge in [0, 0.05) is 27.0 Å². The van der Waals surface area contributed by atoms with Crippen LogP contribution in [0.4, 0.5) is 4.39 Å². The second-order valence-corrected chi connectivity index (χ2v) is 10.1. The molecule has 1 unspecified atom stereocenters.